The molecule has 19 heteroatoms. The van der Waals surface area contributed by atoms with Gasteiger partial charge in [-0.05, 0) is 63.3 Å². The van der Waals surface area contributed by atoms with Gasteiger partial charge in [-0.1, -0.05) is 44.2 Å². The van der Waals surface area contributed by atoms with E-state index in [-0.39, 0.29) is 81.8 Å². The molecule has 0 aliphatic carbocycles. The Labute approximate surface area is 376 Å². The number of benzene rings is 2. The average Bonchev–Trinajstić information content (AvgIpc) is 3.91. The number of likely N-dealkylation sites (tertiary alicyclic amines) is 1. The van der Waals surface area contributed by atoms with E-state index in [1.807, 2.05) is 30.3 Å². The summed E-state index contributed by atoms with van der Waals surface area (Å²) in [6.45, 7) is 9.54. The SMILES string of the molecule is CC(=N)OC(C)C(=O)N(CC1CN(C(=O)OC(C)(C)C)CC1F)C(c1nc(-c2cc(F)ccc2F)cn1Cc1ccccc1)C(C)(C)CCOC(=O)N(CCO)CCN1C(=O)C=CC1=O. The molecule has 1 aromatic heterocycles. The molecule has 65 heavy (non-hydrogen) atoms. The molecular formula is C46H58F3N7O9. The normalized spacial score (nSPS) is 17.3. The number of aliphatic hydroxyl groups is 1. The van der Waals surface area contributed by atoms with Crippen LogP contribution in [0.3, 0.4) is 0 Å². The largest absolute Gasteiger partial charge is 0.469 e. The number of hydrogen-bond acceptors (Lipinski definition) is 11. The van der Waals surface area contributed by atoms with Gasteiger partial charge in [0.15, 0.2) is 12.0 Å². The lowest BCUT2D eigenvalue weighted by atomic mass is 9.79. The molecule has 0 spiro atoms. The number of ether oxygens (including phenoxy) is 3. The Kier molecular flexibility index (Phi) is 16.2. The van der Waals surface area contributed by atoms with Gasteiger partial charge in [-0.2, -0.15) is 0 Å². The highest BCUT2D eigenvalue weighted by molar-refractivity contribution is 6.12. The molecule has 5 amide bonds. The number of hydrogen-bond donors (Lipinski definition) is 2. The molecule has 2 aliphatic heterocycles. The maximum absolute atomic E-state index is 16.3. The van der Waals surface area contributed by atoms with Gasteiger partial charge < -0.3 is 38.6 Å². The highest BCUT2D eigenvalue weighted by Gasteiger charge is 2.46. The number of nitrogens with one attached hydrogen (secondary N) is 1. The van der Waals surface area contributed by atoms with Crippen molar-refractivity contribution in [1.29, 1.82) is 5.41 Å². The lowest BCUT2D eigenvalue weighted by Gasteiger charge is -2.43. The summed E-state index contributed by atoms with van der Waals surface area (Å²) in [6, 6.07) is 10.9. The van der Waals surface area contributed by atoms with Gasteiger partial charge in [-0.3, -0.25) is 24.7 Å². The molecule has 3 aromatic rings. The van der Waals surface area contributed by atoms with E-state index in [2.05, 4.69) is 0 Å². The molecule has 1 saturated heterocycles. The maximum Gasteiger partial charge on any atom is 0.410 e. The van der Waals surface area contributed by atoms with Crippen LogP contribution in [0.5, 0.6) is 0 Å². The number of carbonyl (C=O) groups excluding carboxylic acids is 5. The van der Waals surface area contributed by atoms with Crippen LogP contribution in [0.2, 0.25) is 0 Å². The van der Waals surface area contributed by atoms with Gasteiger partial charge in [0.2, 0.25) is 0 Å². The number of amides is 5. The van der Waals surface area contributed by atoms with Gasteiger partial charge in [0.1, 0.15) is 29.2 Å². The Morgan fingerprint density at radius 3 is 2.31 bits per heavy atom. The second-order valence-corrected chi connectivity index (χ2v) is 17.8. The Morgan fingerprint density at radius 2 is 1.68 bits per heavy atom. The van der Waals surface area contributed by atoms with Crippen molar-refractivity contribution in [2.45, 2.75) is 85.4 Å². The fourth-order valence-electron chi connectivity index (χ4n) is 7.81. The minimum absolute atomic E-state index is 0.00160. The standard InChI is InChI=1S/C46H58F3N7O9/c1-29(64-30(2)50)42(60)56(26-32-25-54(27-36(32)49)44(62)65-45(3,4)5)40(46(6,7)17-22-63-43(61)52(20-21-57)18-19-55-38(58)15-16-39(55)59)41-51-37(34-23-33(47)13-14-35(34)48)28-53(41)24-31-11-9-8-10-12-31/h8-16,23,28-29,32,36,40,50,57H,17-22,24-27H2,1-7H3. The molecule has 0 bridgehead atoms. The van der Waals surface area contributed by atoms with Crippen molar-refractivity contribution in [3.8, 4) is 11.3 Å². The molecular weight excluding hydrogens is 852 g/mol. The third kappa shape index (κ3) is 13.0. The molecule has 2 aliphatic rings. The summed E-state index contributed by atoms with van der Waals surface area (Å²) in [5.74, 6) is -4.33. The summed E-state index contributed by atoms with van der Waals surface area (Å²) in [6.07, 6.45) is -0.751. The predicted molar refractivity (Wildman–Crippen MR) is 232 cm³/mol. The van der Waals surface area contributed by atoms with Crippen LogP contribution in [0.15, 0.2) is 66.9 Å². The zero-order chi connectivity index (χ0) is 47.8. The first kappa shape index (κ1) is 49.8. The maximum atomic E-state index is 16.3. The van der Waals surface area contributed by atoms with E-state index < -0.39 is 83.4 Å². The van der Waals surface area contributed by atoms with Crippen molar-refractivity contribution >= 4 is 35.8 Å². The van der Waals surface area contributed by atoms with Gasteiger partial charge >= 0.3 is 12.2 Å². The van der Waals surface area contributed by atoms with Crippen LogP contribution in [-0.4, -0.2) is 140 Å². The van der Waals surface area contributed by atoms with Gasteiger partial charge in [-0.15, -0.1) is 0 Å². The number of halogens is 3. The van der Waals surface area contributed by atoms with Gasteiger partial charge in [0.25, 0.3) is 17.7 Å². The van der Waals surface area contributed by atoms with Crippen molar-refractivity contribution in [2.24, 2.45) is 11.3 Å². The number of aliphatic hydroxyl groups excluding tert-OH is 1. The number of carbonyl (C=O) groups is 5. The van der Waals surface area contributed by atoms with Crippen molar-refractivity contribution in [3.63, 3.8) is 0 Å². The zero-order valence-corrected chi connectivity index (χ0v) is 37.8. The van der Waals surface area contributed by atoms with E-state index >= 15 is 8.78 Å². The van der Waals surface area contributed by atoms with E-state index in [0.29, 0.717) is 0 Å². The number of aromatic nitrogens is 2. The molecule has 1 fully saturated rings. The fraction of sp³-hybridized carbons (Fsp3) is 0.500. The zero-order valence-electron chi connectivity index (χ0n) is 37.8. The summed E-state index contributed by atoms with van der Waals surface area (Å²) in [7, 11) is 0. The highest BCUT2D eigenvalue weighted by atomic mass is 19.1. The van der Waals surface area contributed by atoms with Crippen LogP contribution in [0, 0.1) is 28.4 Å². The van der Waals surface area contributed by atoms with E-state index in [4.69, 9.17) is 24.6 Å². The molecule has 2 N–H and O–H groups in total. The Balaban J connectivity index is 1.59. The molecule has 5 rings (SSSR count). The van der Waals surface area contributed by atoms with E-state index in [9.17, 15) is 33.5 Å². The second-order valence-electron chi connectivity index (χ2n) is 17.8. The minimum Gasteiger partial charge on any atom is -0.469 e. The minimum atomic E-state index is -1.62. The molecule has 16 nitrogen and oxygen atoms in total. The predicted octanol–water partition coefficient (Wildman–Crippen LogP) is 6.13. The Morgan fingerprint density at radius 1 is 1.00 bits per heavy atom. The number of alkyl halides is 1. The van der Waals surface area contributed by atoms with Crippen LogP contribution < -0.4 is 0 Å². The van der Waals surface area contributed by atoms with E-state index in [1.165, 1.54) is 29.8 Å². The average molecular weight is 910 g/mol. The number of imidazole rings is 1. The van der Waals surface area contributed by atoms with Crippen molar-refractivity contribution in [3.05, 3.63) is 89.9 Å². The summed E-state index contributed by atoms with van der Waals surface area (Å²) < 4.78 is 65.1. The molecule has 3 heterocycles. The number of imide groups is 1. The molecule has 4 atom stereocenters. The lowest BCUT2D eigenvalue weighted by molar-refractivity contribution is -0.146. The molecule has 0 saturated carbocycles. The monoisotopic (exact) mass is 909 g/mol. The van der Waals surface area contributed by atoms with Crippen LogP contribution in [0.4, 0.5) is 22.8 Å². The van der Waals surface area contributed by atoms with Crippen molar-refractivity contribution < 1.29 is 56.5 Å². The van der Waals surface area contributed by atoms with Crippen LogP contribution in [-0.2, 0) is 35.1 Å². The summed E-state index contributed by atoms with van der Waals surface area (Å²) >= 11 is 0. The first-order chi connectivity index (χ1) is 30.6. The first-order valence-electron chi connectivity index (χ1n) is 21.3. The smallest absolute Gasteiger partial charge is 0.410 e. The number of nitrogens with zero attached hydrogens (tertiary/aromatic N) is 6. The molecule has 0 radical (unpaired) electrons. The molecule has 2 aromatic carbocycles. The van der Waals surface area contributed by atoms with E-state index in [1.54, 1.807) is 39.2 Å². The van der Waals surface area contributed by atoms with Crippen LogP contribution in [0.25, 0.3) is 11.3 Å². The Hall–Kier alpha value is -6.24. The van der Waals surface area contributed by atoms with Crippen LogP contribution in [0.1, 0.15) is 72.3 Å². The molecule has 352 valence electrons. The molecule has 4 unspecified atom stereocenters. The van der Waals surface area contributed by atoms with Gasteiger partial charge in [-0.25, -0.2) is 27.7 Å². The van der Waals surface area contributed by atoms with Gasteiger partial charge in [0, 0.05) is 76.0 Å². The number of rotatable bonds is 18. The fourth-order valence-corrected chi connectivity index (χ4v) is 7.81. The second kappa shape index (κ2) is 21.2. The topological polar surface area (TPSA) is 188 Å². The summed E-state index contributed by atoms with van der Waals surface area (Å²) in [5, 5.41) is 17.8. The van der Waals surface area contributed by atoms with Gasteiger partial charge in [0.05, 0.1) is 31.5 Å². The van der Waals surface area contributed by atoms with E-state index in [0.717, 1.165) is 45.7 Å². The Bertz CT molecular complexity index is 2230. The summed E-state index contributed by atoms with van der Waals surface area (Å²) in [4.78, 5) is 75.5. The van der Waals surface area contributed by atoms with Crippen molar-refractivity contribution in [2.75, 3.05) is 52.5 Å². The van der Waals surface area contributed by atoms with Crippen LogP contribution >= 0.6 is 0 Å². The first-order valence-corrected chi connectivity index (χ1v) is 21.3. The quantitative estimate of drug-likeness (QED) is 0.0855. The third-order valence-electron chi connectivity index (χ3n) is 11.0. The lowest BCUT2D eigenvalue weighted by Crippen LogP contribution is -2.50. The summed E-state index contributed by atoms with van der Waals surface area (Å²) in [5.41, 5.74) is -1.41. The third-order valence-corrected chi connectivity index (χ3v) is 11.0. The van der Waals surface area contributed by atoms with Crippen molar-refractivity contribution in [1.82, 2.24) is 29.2 Å². The highest BCUT2D eigenvalue weighted by Crippen LogP contribution is 2.44.